The lowest BCUT2D eigenvalue weighted by Crippen LogP contribution is -2.24. The Morgan fingerprint density at radius 2 is 1.50 bits per heavy atom. The maximum absolute atomic E-state index is 13.8. The third kappa shape index (κ3) is 3.95. The number of nitrogen functional groups attached to an aromatic ring is 2. The molecule has 0 radical (unpaired) electrons. The SMILES string of the molecule is Cc1c(F)cc(C2CCC(OC(=O)c3cc(N)cc(N)c3)CC2)cc1F. The zero-order valence-electron chi connectivity index (χ0n) is 14.6. The van der Waals surface area contributed by atoms with E-state index in [9.17, 15) is 13.6 Å². The van der Waals surface area contributed by atoms with Crippen LogP contribution in [-0.4, -0.2) is 12.1 Å². The highest BCUT2D eigenvalue weighted by Gasteiger charge is 2.26. The first kappa shape index (κ1) is 18.2. The van der Waals surface area contributed by atoms with Crippen LogP contribution in [0.3, 0.4) is 0 Å². The summed E-state index contributed by atoms with van der Waals surface area (Å²) in [5, 5.41) is 0. The minimum Gasteiger partial charge on any atom is -0.459 e. The van der Waals surface area contributed by atoms with Gasteiger partial charge in [-0.15, -0.1) is 0 Å². The standard InChI is InChI=1S/C20H22F2N2O2/c1-11-18(21)8-13(9-19(11)22)12-2-4-17(5-3-12)26-20(25)14-6-15(23)10-16(24)7-14/h6-10,12,17H,2-5,23-24H2,1H3. The quantitative estimate of drug-likeness (QED) is 0.631. The third-order valence-corrected chi connectivity index (χ3v) is 4.94. The number of nitrogens with two attached hydrogens (primary N) is 2. The molecule has 1 aliphatic carbocycles. The highest BCUT2D eigenvalue weighted by atomic mass is 19.1. The summed E-state index contributed by atoms with van der Waals surface area (Å²) in [6.07, 6.45) is 2.48. The van der Waals surface area contributed by atoms with Gasteiger partial charge in [0.1, 0.15) is 17.7 Å². The van der Waals surface area contributed by atoms with Crippen LogP contribution in [0.15, 0.2) is 30.3 Å². The van der Waals surface area contributed by atoms with Crippen LogP contribution in [0.25, 0.3) is 0 Å². The average Bonchev–Trinajstić information content (AvgIpc) is 2.59. The fourth-order valence-electron chi connectivity index (χ4n) is 3.43. The Labute approximate surface area is 151 Å². The minimum atomic E-state index is -0.521. The van der Waals surface area contributed by atoms with Crippen molar-refractivity contribution in [3.05, 3.63) is 58.7 Å². The summed E-state index contributed by atoms with van der Waals surface area (Å²) in [7, 11) is 0. The van der Waals surface area contributed by atoms with Crippen LogP contribution in [0.2, 0.25) is 0 Å². The molecule has 1 aliphatic rings. The van der Waals surface area contributed by atoms with Gasteiger partial charge in [-0.3, -0.25) is 0 Å². The van der Waals surface area contributed by atoms with Crippen LogP contribution in [-0.2, 0) is 4.74 Å². The molecule has 0 unspecified atom stereocenters. The van der Waals surface area contributed by atoms with Crippen molar-refractivity contribution in [3.63, 3.8) is 0 Å². The van der Waals surface area contributed by atoms with Crippen molar-refractivity contribution in [2.45, 2.75) is 44.6 Å². The number of carbonyl (C=O) groups is 1. The van der Waals surface area contributed by atoms with Crippen LogP contribution in [0.1, 0.15) is 53.1 Å². The van der Waals surface area contributed by atoms with E-state index in [1.807, 2.05) is 0 Å². The topological polar surface area (TPSA) is 78.3 Å². The van der Waals surface area contributed by atoms with Gasteiger partial charge in [0.05, 0.1) is 5.56 Å². The monoisotopic (exact) mass is 360 g/mol. The number of benzene rings is 2. The smallest absolute Gasteiger partial charge is 0.338 e. The number of hydrogen-bond donors (Lipinski definition) is 2. The molecule has 0 spiro atoms. The zero-order chi connectivity index (χ0) is 18.8. The Hall–Kier alpha value is -2.63. The lowest BCUT2D eigenvalue weighted by Gasteiger charge is -2.29. The number of ether oxygens (including phenoxy) is 1. The van der Waals surface area contributed by atoms with Gasteiger partial charge in [0.15, 0.2) is 0 Å². The van der Waals surface area contributed by atoms with Gasteiger partial charge in [-0.1, -0.05) is 0 Å². The Bertz CT molecular complexity index is 787. The molecule has 26 heavy (non-hydrogen) atoms. The average molecular weight is 360 g/mol. The fourth-order valence-corrected chi connectivity index (χ4v) is 3.43. The van der Waals surface area contributed by atoms with E-state index in [2.05, 4.69) is 0 Å². The Morgan fingerprint density at radius 3 is 2.04 bits per heavy atom. The Kier molecular flexibility index (Phi) is 5.11. The van der Waals surface area contributed by atoms with E-state index >= 15 is 0 Å². The van der Waals surface area contributed by atoms with E-state index < -0.39 is 17.6 Å². The van der Waals surface area contributed by atoms with Gasteiger partial charge in [-0.2, -0.15) is 0 Å². The van der Waals surface area contributed by atoms with Gasteiger partial charge in [0.2, 0.25) is 0 Å². The predicted molar refractivity (Wildman–Crippen MR) is 96.8 cm³/mol. The second-order valence-electron chi connectivity index (χ2n) is 6.88. The molecule has 4 nitrogen and oxygen atoms in total. The highest BCUT2D eigenvalue weighted by molar-refractivity contribution is 5.91. The van der Waals surface area contributed by atoms with Crippen molar-refractivity contribution in [1.82, 2.24) is 0 Å². The van der Waals surface area contributed by atoms with E-state index in [1.54, 1.807) is 6.07 Å². The summed E-state index contributed by atoms with van der Waals surface area (Å²) in [5.41, 5.74) is 13.2. The molecule has 0 aromatic heterocycles. The number of esters is 1. The van der Waals surface area contributed by atoms with Crippen molar-refractivity contribution in [2.24, 2.45) is 0 Å². The van der Waals surface area contributed by atoms with Crippen molar-refractivity contribution >= 4 is 17.3 Å². The maximum atomic E-state index is 13.8. The number of hydrogen-bond acceptors (Lipinski definition) is 4. The molecule has 3 rings (SSSR count). The van der Waals surface area contributed by atoms with Gasteiger partial charge in [-0.05, 0) is 74.4 Å². The first-order valence-corrected chi connectivity index (χ1v) is 8.66. The molecular formula is C20H22F2N2O2. The van der Waals surface area contributed by atoms with Gasteiger partial charge in [0.25, 0.3) is 0 Å². The molecular weight excluding hydrogens is 338 g/mol. The normalized spacial score (nSPS) is 20.0. The lowest BCUT2D eigenvalue weighted by atomic mass is 9.82. The van der Waals surface area contributed by atoms with E-state index in [0.717, 1.165) is 0 Å². The Morgan fingerprint density at radius 1 is 0.962 bits per heavy atom. The van der Waals surface area contributed by atoms with Crippen molar-refractivity contribution in [3.8, 4) is 0 Å². The molecule has 4 N–H and O–H groups in total. The van der Waals surface area contributed by atoms with Crippen LogP contribution >= 0.6 is 0 Å². The largest absolute Gasteiger partial charge is 0.459 e. The molecule has 0 atom stereocenters. The van der Waals surface area contributed by atoms with Gasteiger partial charge in [-0.25, -0.2) is 13.6 Å². The number of carbonyl (C=O) groups excluding carboxylic acids is 1. The molecule has 0 aliphatic heterocycles. The van der Waals surface area contributed by atoms with Crippen molar-refractivity contribution in [1.29, 1.82) is 0 Å². The number of anilines is 2. The van der Waals surface area contributed by atoms with E-state index in [1.165, 1.54) is 31.2 Å². The zero-order valence-corrected chi connectivity index (χ0v) is 14.6. The van der Waals surface area contributed by atoms with Gasteiger partial charge < -0.3 is 16.2 Å². The minimum absolute atomic E-state index is 0.0396. The van der Waals surface area contributed by atoms with Crippen LogP contribution in [0, 0.1) is 18.6 Å². The van der Waals surface area contributed by atoms with Crippen LogP contribution < -0.4 is 11.5 Å². The summed E-state index contributed by atoms with van der Waals surface area (Å²) < 4.78 is 33.1. The molecule has 1 saturated carbocycles. The number of halogens is 2. The molecule has 0 amide bonds. The van der Waals surface area contributed by atoms with E-state index in [4.69, 9.17) is 16.2 Å². The van der Waals surface area contributed by atoms with Gasteiger partial charge >= 0.3 is 5.97 Å². The van der Waals surface area contributed by atoms with Crippen LogP contribution in [0.4, 0.5) is 20.2 Å². The number of rotatable bonds is 3. The molecule has 1 fully saturated rings. The molecule has 0 saturated heterocycles. The molecule has 0 heterocycles. The van der Waals surface area contributed by atoms with Crippen molar-refractivity contribution < 1.29 is 18.3 Å². The third-order valence-electron chi connectivity index (χ3n) is 4.94. The summed E-state index contributed by atoms with van der Waals surface area (Å²) in [6.45, 7) is 1.42. The first-order chi connectivity index (χ1) is 12.3. The molecule has 2 aromatic carbocycles. The summed E-state index contributed by atoms with van der Waals surface area (Å²) in [4.78, 5) is 12.3. The predicted octanol–water partition coefficient (Wildman–Crippen LogP) is 4.32. The van der Waals surface area contributed by atoms with Gasteiger partial charge in [0, 0.05) is 16.9 Å². The Balaban J connectivity index is 1.61. The second kappa shape index (κ2) is 7.32. The van der Waals surface area contributed by atoms with E-state index in [-0.39, 0.29) is 17.6 Å². The maximum Gasteiger partial charge on any atom is 0.338 e. The highest BCUT2D eigenvalue weighted by Crippen LogP contribution is 2.35. The van der Waals surface area contributed by atoms with Crippen molar-refractivity contribution in [2.75, 3.05) is 11.5 Å². The van der Waals surface area contributed by atoms with E-state index in [0.29, 0.717) is 48.2 Å². The summed E-state index contributed by atoms with van der Waals surface area (Å²) in [6, 6.07) is 7.45. The molecule has 138 valence electrons. The van der Waals surface area contributed by atoms with Crippen LogP contribution in [0.5, 0.6) is 0 Å². The summed E-state index contributed by atoms with van der Waals surface area (Å²) >= 11 is 0. The molecule has 0 bridgehead atoms. The first-order valence-electron chi connectivity index (χ1n) is 8.66. The molecule has 2 aromatic rings. The lowest BCUT2D eigenvalue weighted by molar-refractivity contribution is 0.0195. The summed E-state index contributed by atoms with van der Waals surface area (Å²) in [5.74, 6) is -1.43. The second-order valence-corrected chi connectivity index (χ2v) is 6.88. The molecule has 6 heteroatoms. The fraction of sp³-hybridized carbons (Fsp3) is 0.350.